The van der Waals surface area contributed by atoms with Gasteiger partial charge in [0.1, 0.15) is 0 Å². The van der Waals surface area contributed by atoms with Crippen LogP contribution >= 0.6 is 0 Å². The lowest BCUT2D eigenvalue weighted by Crippen LogP contribution is -2.12. The Hall–Kier alpha value is -2.49. The van der Waals surface area contributed by atoms with E-state index in [1.807, 2.05) is 6.07 Å². The van der Waals surface area contributed by atoms with Crippen LogP contribution in [0.3, 0.4) is 0 Å². The Labute approximate surface area is 130 Å². The van der Waals surface area contributed by atoms with Gasteiger partial charge in [0.2, 0.25) is 0 Å². The molecular formula is C18H19NO3. The van der Waals surface area contributed by atoms with Crippen LogP contribution in [0.2, 0.25) is 0 Å². The molecule has 4 heteroatoms. The summed E-state index contributed by atoms with van der Waals surface area (Å²) in [7, 11) is 3.13. The number of ether oxygens (including phenoxy) is 2. The minimum absolute atomic E-state index is 0.154. The van der Waals surface area contributed by atoms with Gasteiger partial charge in [-0.3, -0.25) is 4.79 Å². The van der Waals surface area contributed by atoms with E-state index in [4.69, 9.17) is 9.47 Å². The Morgan fingerprint density at radius 2 is 1.73 bits per heavy atom. The largest absolute Gasteiger partial charge is 0.493 e. The second kappa shape index (κ2) is 6.10. The van der Waals surface area contributed by atoms with Crippen molar-refractivity contribution >= 4 is 11.6 Å². The number of carbonyl (C=O) groups is 1. The average molecular weight is 297 g/mol. The van der Waals surface area contributed by atoms with Gasteiger partial charge >= 0.3 is 0 Å². The number of fused-ring (bicyclic) bond motifs is 1. The number of aryl methyl sites for hydroxylation is 2. The molecule has 1 aliphatic carbocycles. The van der Waals surface area contributed by atoms with Crippen LogP contribution in [0, 0.1) is 0 Å². The second-order valence-corrected chi connectivity index (χ2v) is 5.36. The van der Waals surface area contributed by atoms with Gasteiger partial charge in [0.25, 0.3) is 5.91 Å². The maximum Gasteiger partial charge on any atom is 0.255 e. The van der Waals surface area contributed by atoms with Crippen LogP contribution < -0.4 is 14.8 Å². The first kappa shape index (κ1) is 14.4. The van der Waals surface area contributed by atoms with Crippen molar-refractivity contribution in [2.45, 2.75) is 19.3 Å². The molecule has 0 atom stereocenters. The number of amides is 1. The van der Waals surface area contributed by atoms with Gasteiger partial charge in [-0.05, 0) is 60.7 Å². The number of methoxy groups -OCH3 is 2. The SMILES string of the molecule is COc1ccc(C(=O)Nc2ccc3c(c2)CCC3)cc1OC. The molecule has 0 saturated carbocycles. The van der Waals surface area contributed by atoms with Gasteiger partial charge in [0.15, 0.2) is 11.5 Å². The zero-order valence-electron chi connectivity index (χ0n) is 12.8. The lowest BCUT2D eigenvalue weighted by Gasteiger charge is -2.11. The number of rotatable bonds is 4. The van der Waals surface area contributed by atoms with Crippen molar-refractivity contribution in [3.63, 3.8) is 0 Å². The molecule has 0 heterocycles. The Kier molecular flexibility index (Phi) is 4.00. The molecule has 1 amide bonds. The van der Waals surface area contributed by atoms with E-state index in [-0.39, 0.29) is 5.91 Å². The number of hydrogen-bond acceptors (Lipinski definition) is 3. The first-order chi connectivity index (χ1) is 10.7. The highest BCUT2D eigenvalue weighted by molar-refractivity contribution is 6.04. The molecule has 4 nitrogen and oxygen atoms in total. The maximum atomic E-state index is 12.4. The third-order valence-corrected chi connectivity index (χ3v) is 4.00. The molecule has 0 radical (unpaired) electrons. The normalized spacial score (nSPS) is 12.6. The van der Waals surface area contributed by atoms with Crippen LogP contribution in [0.15, 0.2) is 36.4 Å². The van der Waals surface area contributed by atoms with Crippen molar-refractivity contribution < 1.29 is 14.3 Å². The molecular weight excluding hydrogens is 278 g/mol. The van der Waals surface area contributed by atoms with Gasteiger partial charge in [-0.15, -0.1) is 0 Å². The van der Waals surface area contributed by atoms with Crippen molar-refractivity contribution in [2.24, 2.45) is 0 Å². The van der Waals surface area contributed by atoms with Crippen LogP contribution in [0.5, 0.6) is 11.5 Å². The van der Waals surface area contributed by atoms with E-state index < -0.39 is 0 Å². The summed E-state index contributed by atoms with van der Waals surface area (Å²) in [6.07, 6.45) is 3.43. The smallest absolute Gasteiger partial charge is 0.255 e. The Balaban J connectivity index is 1.79. The summed E-state index contributed by atoms with van der Waals surface area (Å²) >= 11 is 0. The number of benzene rings is 2. The van der Waals surface area contributed by atoms with Crippen LogP contribution in [0.1, 0.15) is 27.9 Å². The van der Waals surface area contributed by atoms with E-state index in [1.54, 1.807) is 32.4 Å². The highest BCUT2D eigenvalue weighted by Gasteiger charge is 2.14. The van der Waals surface area contributed by atoms with Crippen LogP contribution in [-0.2, 0) is 12.8 Å². The summed E-state index contributed by atoms with van der Waals surface area (Å²) in [5.41, 5.74) is 4.10. The molecule has 0 unspecified atom stereocenters. The molecule has 2 aromatic rings. The van der Waals surface area contributed by atoms with E-state index in [2.05, 4.69) is 17.4 Å². The van der Waals surface area contributed by atoms with Crippen molar-refractivity contribution in [1.29, 1.82) is 0 Å². The molecule has 0 spiro atoms. The quantitative estimate of drug-likeness (QED) is 0.940. The Morgan fingerprint density at radius 1 is 0.955 bits per heavy atom. The first-order valence-corrected chi connectivity index (χ1v) is 7.36. The standard InChI is InChI=1S/C18H19NO3/c1-21-16-9-7-14(11-17(16)22-2)18(20)19-15-8-6-12-4-3-5-13(12)10-15/h6-11H,3-5H2,1-2H3,(H,19,20). The van der Waals surface area contributed by atoms with Crippen molar-refractivity contribution in [3.8, 4) is 11.5 Å². The molecule has 0 fully saturated rings. The number of carbonyl (C=O) groups excluding carboxylic acids is 1. The zero-order valence-corrected chi connectivity index (χ0v) is 12.8. The summed E-state index contributed by atoms with van der Waals surface area (Å²) in [6, 6.07) is 11.3. The third kappa shape index (κ3) is 2.77. The van der Waals surface area contributed by atoms with Gasteiger partial charge in [0.05, 0.1) is 14.2 Å². The van der Waals surface area contributed by atoms with Gasteiger partial charge in [-0.2, -0.15) is 0 Å². The molecule has 2 aromatic carbocycles. The third-order valence-electron chi connectivity index (χ3n) is 4.00. The molecule has 3 rings (SSSR count). The predicted octanol–water partition coefficient (Wildman–Crippen LogP) is 3.44. The summed E-state index contributed by atoms with van der Waals surface area (Å²) in [5, 5.41) is 2.94. The molecule has 22 heavy (non-hydrogen) atoms. The van der Waals surface area contributed by atoms with Gasteiger partial charge in [-0.25, -0.2) is 0 Å². The molecule has 1 N–H and O–H groups in total. The number of nitrogens with one attached hydrogen (secondary N) is 1. The topological polar surface area (TPSA) is 47.6 Å². The van der Waals surface area contributed by atoms with E-state index in [9.17, 15) is 4.79 Å². The fourth-order valence-corrected chi connectivity index (χ4v) is 2.83. The second-order valence-electron chi connectivity index (χ2n) is 5.36. The molecule has 0 aromatic heterocycles. The Bertz CT molecular complexity index is 709. The molecule has 0 saturated heterocycles. The summed E-state index contributed by atoms with van der Waals surface area (Å²) in [5.74, 6) is 1.000. The monoisotopic (exact) mass is 297 g/mol. The molecule has 1 aliphatic rings. The predicted molar refractivity (Wildman–Crippen MR) is 86.0 cm³/mol. The fraction of sp³-hybridized carbons (Fsp3) is 0.278. The van der Waals surface area contributed by atoms with Gasteiger partial charge in [-0.1, -0.05) is 6.07 Å². The highest BCUT2D eigenvalue weighted by Crippen LogP contribution is 2.28. The highest BCUT2D eigenvalue weighted by atomic mass is 16.5. The molecule has 0 bridgehead atoms. The minimum atomic E-state index is -0.154. The van der Waals surface area contributed by atoms with Crippen LogP contribution in [0.25, 0.3) is 0 Å². The number of anilines is 1. The molecule has 0 aliphatic heterocycles. The van der Waals surface area contributed by atoms with E-state index >= 15 is 0 Å². The zero-order chi connectivity index (χ0) is 15.5. The van der Waals surface area contributed by atoms with E-state index in [0.717, 1.165) is 18.5 Å². The summed E-state index contributed by atoms with van der Waals surface area (Å²) < 4.78 is 10.4. The lowest BCUT2D eigenvalue weighted by atomic mass is 10.1. The van der Waals surface area contributed by atoms with E-state index in [1.165, 1.54) is 17.5 Å². The van der Waals surface area contributed by atoms with Gasteiger partial charge in [0, 0.05) is 11.3 Å². The lowest BCUT2D eigenvalue weighted by molar-refractivity contribution is 0.102. The van der Waals surface area contributed by atoms with Crippen molar-refractivity contribution in [2.75, 3.05) is 19.5 Å². The first-order valence-electron chi connectivity index (χ1n) is 7.36. The van der Waals surface area contributed by atoms with E-state index in [0.29, 0.717) is 17.1 Å². The van der Waals surface area contributed by atoms with Gasteiger partial charge < -0.3 is 14.8 Å². The minimum Gasteiger partial charge on any atom is -0.493 e. The Morgan fingerprint density at radius 3 is 2.50 bits per heavy atom. The fourth-order valence-electron chi connectivity index (χ4n) is 2.83. The summed E-state index contributed by atoms with van der Waals surface area (Å²) in [6.45, 7) is 0. The van der Waals surface area contributed by atoms with Crippen LogP contribution in [-0.4, -0.2) is 20.1 Å². The van der Waals surface area contributed by atoms with Crippen molar-refractivity contribution in [1.82, 2.24) is 0 Å². The van der Waals surface area contributed by atoms with Crippen molar-refractivity contribution in [3.05, 3.63) is 53.1 Å². The van der Waals surface area contributed by atoms with Crippen LogP contribution in [0.4, 0.5) is 5.69 Å². The average Bonchev–Trinajstić information content (AvgIpc) is 3.01. The summed E-state index contributed by atoms with van der Waals surface area (Å²) in [4.78, 5) is 12.4. The number of hydrogen-bond donors (Lipinski definition) is 1. The maximum absolute atomic E-state index is 12.4. The molecule has 114 valence electrons.